The van der Waals surface area contributed by atoms with Crippen molar-refractivity contribution >= 4 is 11.7 Å². The Morgan fingerprint density at radius 1 is 1.47 bits per heavy atom. The van der Waals surface area contributed by atoms with Crippen molar-refractivity contribution < 1.29 is 14.2 Å². The Bertz CT molecular complexity index is 442. The summed E-state index contributed by atoms with van der Waals surface area (Å²) in [7, 11) is 0. The molecule has 0 aliphatic carbocycles. The van der Waals surface area contributed by atoms with Crippen molar-refractivity contribution in [1.29, 1.82) is 0 Å². The minimum Gasteiger partial charge on any atom is -0.379 e. The third kappa shape index (κ3) is 2.86. The van der Waals surface area contributed by atoms with Crippen LogP contribution in [-0.4, -0.2) is 34.5 Å². The Morgan fingerprint density at radius 3 is 2.79 bits per heavy atom. The Balaban J connectivity index is 2.00. The first-order valence-corrected chi connectivity index (χ1v) is 6.63. The third-order valence-electron chi connectivity index (χ3n) is 3.85. The number of nitrogens with two attached hydrogens (primary N) is 1. The molecule has 1 aromatic heterocycles. The molecule has 1 amide bonds. The molecule has 106 valence electrons. The maximum Gasteiger partial charge on any atom is 0.277 e. The van der Waals surface area contributed by atoms with Crippen molar-refractivity contribution in [3.8, 4) is 0 Å². The number of anilines is 1. The number of carbonyl (C=O) groups is 1. The zero-order chi connectivity index (χ0) is 13.9. The largest absolute Gasteiger partial charge is 0.379 e. The van der Waals surface area contributed by atoms with Crippen LogP contribution in [0, 0.1) is 0 Å². The number of ether oxygens (including phenoxy) is 1. The summed E-state index contributed by atoms with van der Waals surface area (Å²) in [6.07, 6.45) is 3.46. The summed E-state index contributed by atoms with van der Waals surface area (Å²) >= 11 is 0. The van der Waals surface area contributed by atoms with Gasteiger partial charge in [-0.3, -0.25) is 4.79 Å². The standard InChI is InChI=1S/C12H20N4O3/c1-3-12(4-2)7-8(5-6-18-12)14-11(17)9-10(13)16-19-15-9/h8H,3-7H2,1-2H3,(H2,13,16)(H,14,17). The highest BCUT2D eigenvalue weighted by molar-refractivity contribution is 5.96. The zero-order valence-electron chi connectivity index (χ0n) is 11.3. The van der Waals surface area contributed by atoms with Crippen molar-refractivity contribution in [2.75, 3.05) is 12.3 Å². The van der Waals surface area contributed by atoms with Gasteiger partial charge in [-0.25, -0.2) is 4.63 Å². The molecule has 1 aromatic rings. The highest BCUT2D eigenvalue weighted by atomic mass is 16.6. The summed E-state index contributed by atoms with van der Waals surface area (Å²) in [5, 5.41) is 9.83. The third-order valence-corrected chi connectivity index (χ3v) is 3.85. The number of nitrogen functional groups attached to an aromatic ring is 1. The van der Waals surface area contributed by atoms with E-state index >= 15 is 0 Å². The van der Waals surface area contributed by atoms with Gasteiger partial charge in [-0.2, -0.15) is 0 Å². The van der Waals surface area contributed by atoms with Crippen LogP contribution in [0.1, 0.15) is 50.0 Å². The molecule has 1 aliphatic heterocycles. The van der Waals surface area contributed by atoms with E-state index in [1.807, 2.05) is 0 Å². The van der Waals surface area contributed by atoms with Gasteiger partial charge in [-0.05, 0) is 36.0 Å². The molecule has 0 saturated carbocycles. The Hall–Kier alpha value is -1.63. The van der Waals surface area contributed by atoms with Gasteiger partial charge in [0.05, 0.1) is 5.60 Å². The normalized spacial score (nSPS) is 22.1. The Morgan fingerprint density at radius 2 is 2.21 bits per heavy atom. The number of hydrogen-bond donors (Lipinski definition) is 2. The average molecular weight is 268 g/mol. The molecule has 3 N–H and O–H groups in total. The molecule has 2 heterocycles. The van der Waals surface area contributed by atoms with E-state index in [2.05, 4.69) is 34.1 Å². The minimum absolute atomic E-state index is 0.0156. The number of amides is 1. The Labute approximate surface area is 111 Å². The van der Waals surface area contributed by atoms with E-state index in [1.54, 1.807) is 0 Å². The van der Waals surface area contributed by atoms with Crippen molar-refractivity contribution in [3.05, 3.63) is 5.69 Å². The fourth-order valence-corrected chi connectivity index (χ4v) is 2.50. The van der Waals surface area contributed by atoms with Gasteiger partial charge in [0.25, 0.3) is 5.91 Å². The monoisotopic (exact) mass is 268 g/mol. The SMILES string of the molecule is CCC1(CC)CC(NC(=O)c2nonc2N)CCO1. The first-order chi connectivity index (χ1) is 9.10. The number of hydrogen-bond acceptors (Lipinski definition) is 6. The second-order valence-corrected chi connectivity index (χ2v) is 4.90. The van der Waals surface area contributed by atoms with Gasteiger partial charge in [0.2, 0.25) is 11.5 Å². The number of nitrogens with zero attached hydrogens (tertiary/aromatic N) is 2. The first-order valence-electron chi connectivity index (χ1n) is 6.63. The predicted octanol–water partition coefficient (Wildman–Crippen LogP) is 1.12. The van der Waals surface area contributed by atoms with Crippen molar-refractivity contribution in [2.45, 2.75) is 51.2 Å². The molecular weight excluding hydrogens is 248 g/mol. The number of aromatic nitrogens is 2. The molecule has 1 atom stereocenters. The van der Waals surface area contributed by atoms with Crippen LogP contribution in [0.15, 0.2) is 4.63 Å². The van der Waals surface area contributed by atoms with Crippen LogP contribution in [0.3, 0.4) is 0 Å². The average Bonchev–Trinajstić information content (AvgIpc) is 2.85. The van der Waals surface area contributed by atoms with Crippen molar-refractivity contribution in [2.24, 2.45) is 0 Å². The molecule has 0 aromatic carbocycles. The van der Waals surface area contributed by atoms with Crippen molar-refractivity contribution in [3.63, 3.8) is 0 Å². The smallest absolute Gasteiger partial charge is 0.277 e. The lowest BCUT2D eigenvalue weighted by Gasteiger charge is -2.40. The lowest BCUT2D eigenvalue weighted by Crippen LogP contribution is -2.48. The fourth-order valence-electron chi connectivity index (χ4n) is 2.50. The summed E-state index contributed by atoms with van der Waals surface area (Å²) in [6, 6.07) is 0.0669. The van der Waals surface area contributed by atoms with Crippen LogP contribution in [0.5, 0.6) is 0 Å². The molecule has 1 fully saturated rings. The van der Waals surface area contributed by atoms with Crippen molar-refractivity contribution in [1.82, 2.24) is 15.6 Å². The van der Waals surface area contributed by atoms with E-state index in [-0.39, 0.29) is 29.1 Å². The molecule has 19 heavy (non-hydrogen) atoms. The van der Waals surface area contributed by atoms with Crippen LogP contribution in [0.2, 0.25) is 0 Å². The summed E-state index contributed by atoms with van der Waals surface area (Å²) in [5.41, 5.74) is 5.41. The zero-order valence-corrected chi connectivity index (χ0v) is 11.3. The minimum atomic E-state index is -0.341. The Kier molecular flexibility index (Phi) is 4.04. The van der Waals surface area contributed by atoms with Gasteiger partial charge >= 0.3 is 0 Å². The summed E-state index contributed by atoms with van der Waals surface area (Å²) in [4.78, 5) is 12.0. The highest BCUT2D eigenvalue weighted by Gasteiger charge is 2.35. The van der Waals surface area contributed by atoms with Gasteiger partial charge in [-0.15, -0.1) is 0 Å². The quantitative estimate of drug-likeness (QED) is 0.848. The molecule has 1 unspecified atom stereocenters. The molecule has 2 rings (SSSR count). The van der Waals surface area contributed by atoms with Crippen LogP contribution < -0.4 is 11.1 Å². The lowest BCUT2D eigenvalue weighted by molar-refractivity contribution is -0.0918. The molecular formula is C12H20N4O3. The van der Waals surface area contributed by atoms with E-state index in [4.69, 9.17) is 10.5 Å². The van der Waals surface area contributed by atoms with Crippen LogP contribution in [0.4, 0.5) is 5.82 Å². The maximum atomic E-state index is 12.0. The molecule has 1 saturated heterocycles. The van der Waals surface area contributed by atoms with Gasteiger partial charge in [0.15, 0.2) is 0 Å². The second-order valence-electron chi connectivity index (χ2n) is 4.90. The second kappa shape index (κ2) is 5.56. The summed E-state index contributed by atoms with van der Waals surface area (Å²) in [5.74, 6) is -0.325. The molecule has 7 nitrogen and oxygen atoms in total. The van der Waals surface area contributed by atoms with Gasteiger partial charge in [0, 0.05) is 12.6 Å². The fraction of sp³-hybridized carbons (Fsp3) is 0.750. The van der Waals surface area contributed by atoms with Crippen LogP contribution >= 0.6 is 0 Å². The molecule has 7 heteroatoms. The highest BCUT2D eigenvalue weighted by Crippen LogP contribution is 2.31. The van der Waals surface area contributed by atoms with Gasteiger partial charge in [-0.1, -0.05) is 13.8 Å². The molecule has 0 bridgehead atoms. The van der Waals surface area contributed by atoms with E-state index in [0.717, 1.165) is 25.7 Å². The van der Waals surface area contributed by atoms with E-state index in [0.29, 0.717) is 6.61 Å². The maximum absolute atomic E-state index is 12.0. The van der Waals surface area contributed by atoms with Gasteiger partial charge < -0.3 is 15.8 Å². The van der Waals surface area contributed by atoms with E-state index in [1.165, 1.54) is 0 Å². The number of rotatable bonds is 4. The first kappa shape index (κ1) is 13.8. The van der Waals surface area contributed by atoms with Gasteiger partial charge in [0.1, 0.15) is 0 Å². The molecule has 1 aliphatic rings. The lowest BCUT2D eigenvalue weighted by atomic mass is 9.86. The predicted molar refractivity (Wildman–Crippen MR) is 68.5 cm³/mol. The van der Waals surface area contributed by atoms with Crippen LogP contribution in [-0.2, 0) is 4.74 Å². The number of carbonyl (C=O) groups excluding carboxylic acids is 1. The summed E-state index contributed by atoms with van der Waals surface area (Å²) in [6.45, 7) is 4.86. The van der Waals surface area contributed by atoms with E-state index in [9.17, 15) is 4.79 Å². The number of nitrogens with one attached hydrogen (secondary N) is 1. The summed E-state index contributed by atoms with van der Waals surface area (Å²) < 4.78 is 10.3. The van der Waals surface area contributed by atoms with Crippen LogP contribution in [0.25, 0.3) is 0 Å². The molecule has 0 spiro atoms. The molecule has 0 radical (unpaired) electrons. The van der Waals surface area contributed by atoms with E-state index < -0.39 is 0 Å². The topological polar surface area (TPSA) is 103 Å².